The Hall–Kier alpha value is -0.840. The molecule has 4 nitrogen and oxygen atoms in total. The Labute approximate surface area is 122 Å². The summed E-state index contributed by atoms with van der Waals surface area (Å²) in [5.74, 6) is 1.74. The predicted molar refractivity (Wildman–Crippen MR) is 80.6 cm³/mol. The van der Waals surface area contributed by atoms with Crippen LogP contribution in [0.4, 0.5) is 0 Å². The minimum atomic E-state index is 0.505. The van der Waals surface area contributed by atoms with Crippen molar-refractivity contribution in [1.82, 2.24) is 10.2 Å². The molecule has 2 rings (SSSR count). The first kappa shape index (κ1) is 15.5. The first-order chi connectivity index (χ1) is 9.67. The van der Waals surface area contributed by atoms with E-state index < -0.39 is 0 Å². The first-order valence-electron chi connectivity index (χ1n) is 7.68. The van der Waals surface area contributed by atoms with E-state index in [9.17, 15) is 0 Å². The molecule has 0 bridgehead atoms. The van der Waals surface area contributed by atoms with Gasteiger partial charge in [0.15, 0.2) is 0 Å². The average Bonchev–Trinajstić information content (AvgIpc) is 2.85. The number of nitrogens with zero attached hydrogens (tertiary/aromatic N) is 1. The van der Waals surface area contributed by atoms with Crippen LogP contribution < -0.4 is 5.32 Å². The molecule has 0 saturated carbocycles. The second kappa shape index (κ2) is 7.81. The van der Waals surface area contributed by atoms with E-state index in [0.29, 0.717) is 12.0 Å². The van der Waals surface area contributed by atoms with Gasteiger partial charge in [-0.3, -0.25) is 4.90 Å². The van der Waals surface area contributed by atoms with E-state index in [1.807, 2.05) is 6.26 Å². The smallest absolute Gasteiger partial charge is 0.118 e. The second-order valence-corrected chi connectivity index (χ2v) is 6.16. The Balaban J connectivity index is 1.80. The summed E-state index contributed by atoms with van der Waals surface area (Å²) in [6, 6.07) is 2.68. The molecule has 0 spiro atoms. The van der Waals surface area contributed by atoms with E-state index in [0.717, 1.165) is 32.0 Å². The molecule has 1 atom stereocenters. The SMILES string of the molecule is COCC1CCCN(Cc2cc(CNC(C)C)co2)C1. The van der Waals surface area contributed by atoms with Crippen molar-refractivity contribution in [3.63, 3.8) is 0 Å². The van der Waals surface area contributed by atoms with Crippen LogP contribution in [0, 0.1) is 5.92 Å². The van der Waals surface area contributed by atoms with E-state index in [1.165, 1.54) is 24.9 Å². The zero-order valence-corrected chi connectivity index (χ0v) is 13.0. The normalized spacial score (nSPS) is 20.7. The molecule has 1 aromatic rings. The van der Waals surface area contributed by atoms with Crippen molar-refractivity contribution in [2.24, 2.45) is 5.92 Å². The van der Waals surface area contributed by atoms with E-state index >= 15 is 0 Å². The number of hydrogen-bond acceptors (Lipinski definition) is 4. The molecule has 1 fully saturated rings. The quantitative estimate of drug-likeness (QED) is 0.833. The molecular formula is C16H28N2O2. The zero-order valence-electron chi connectivity index (χ0n) is 13.0. The molecular weight excluding hydrogens is 252 g/mol. The van der Waals surface area contributed by atoms with Crippen LogP contribution in [0.3, 0.4) is 0 Å². The summed E-state index contributed by atoms with van der Waals surface area (Å²) in [4.78, 5) is 2.48. The number of rotatable bonds is 7. The van der Waals surface area contributed by atoms with Gasteiger partial charge in [-0.25, -0.2) is 0 Å². The average molecular weight is 280 g/mol. The number of hydrogen-bond donors (Lipinski definition) is 1. The molecule has 1 aromatic heterocycles. The number of furan rings is 1. The second-order valence-electron chi connectivity index (χ2n) is 6.16. The Morgan fingerprint density at radius 2 is 2.35 bits per heavy atom. The summed E-state index contributed by atoms with van der Waals surface area (Å²) in [5, 5.41) is 3.41. The van der Waals surface area contributed by atoms with Crippen molar-refractivity contribution in [2.45, 2.75) is 45.8 Å². The molecule has 0 amide bonds. The van der Waals surface area contributed by atoms with E-state index in [1.54, 1.807) is 7.11 Å². The van der Waals surface area contributed by atoms with Gasteiger partial charge in [-0.2, -0.15) is 0 Å². The molecule has 1 aliphatic rings. The molecule has 20 heavy (non-hydrogen) atoms. The van der Waals surface area contributed by atoms with Crippen LogP contribution in [0.2, 0.25) is 0 Å². The Kier molecular flexibility index (Phi) is 6.07. The highest BCUT2D eigenvalue weighted by Gasteiger charge is 2.20. The van der Waals surface area contributed by atoms with Gasteiger partial charge in [-0.1, -0.05) is 13.8 Å². The maximum absolute atomic E-state index is 5.68. The van der Waals surface area contributed by atoms with Gasteiger partial charge in [0.05, 0.1) is 19.4 Å². The minimum Gasteiger partial charge on any atom is -0.468 e. The number of nitrogens with one attached hydrogen (secondary N) is 1. The molecule has 1 saturated heterocycles. The molecule has 4 heteroatoms. The van der Waals surface area contributed by atoms with Crippen LogP contribution in [0.1, 0.15) is 38.0 Å². The summed E-state index contributed by atoms with van der Waals surface area (Å²) >= 11 is 0. The summed E-state index contributed by atoms with van der Waals surface area (Å²) in [5.41, 5.74) is 1.24. The summed E-state index contributed by atoms with van der Waals surface area (Å²) in [6.07, 6.45) is 4.42. The van der Waals surface area contributed by atoms with Crippen molar-refractivity contribution in [1.29, 1.82) is 0 Å². The Morgan fingerprint density at radius 1 is 1.50 bits per heavy atom. The zero-order chi connectivity index (χ0) is 14.4. The number of ether oxygens (including phenoxy) is 1. The largest absolute Gasteiger partial charge is 0.468 e. The van der Waals surface area contributed by atoms with Crippen molar-refractivity contribution < 1.29 is 9.15 Å². The molecule has 2 heterocycles. The van der Waals surface area contributed by atoms with Gasteiger partial charge >= 0.3 is 0 Å². The van der Waals surface area contributed by atoms with Gasteiger partial charge in [0.1, 0.15) is 5.76 Å². The highest BCUT2D eigenvalue weighted by molar-refractivity contribution is 5.12. The lowest BCUT2D eigenvalue weighted by Crippen LogP contribution is -2.36. The fourth-order valence-corrected chi connectivity index (χ4v) is 2.81. The monoisotopic (exact) mass is 280 g/mol. The molecule has 0 aromatic carbocycles. The molecule has 1 N–H and O–H groups in total. The molecule has 0 radical (unpaired) electrons. The third kappa shape index (κ3) is 4.93. The van der Waals surface area contributed by atoms with Gasteiger partial charge < -0.3 is 14.5 Å². The number of piperidine rings is 1. The van der Waals surface area contributed by atoms with Crippen LogP contribution in [0.15, 0.2) is 16.7 Å². The first-order valence-corrected chi connectivity index (χ1v) is 7.68. The van der Waals surface area contributed by atoms with Crippen LogP contribution in [0.25, 0.3) is 0 Å². The highest BCUT2D eigenvalue weighted by Crippen LogP contribution is 2.19. The Morgan fingerprint density at radius 3 is 3.10 bits per heavy atom. The fourth-order valence-electron chi connectivity index (χ4n) is 2.81. The third-order valence-electron chi connectivity index (χ3n) is 3.81. The highest BCUT2D eigenvalue weighted by atomic mass is 16.5. The third-order valence-corrected chi connectivity index (χ3v) is 3.81. The van der Waals surface area contributed by atoms with Crippen molar-refractivity contribution in [2.75, 3.05) is 26.8 Å². The maximum Gasteiger partial charge on any atom is 0.118 e. The topological polar surface area (TPSA) is 37.6 Å². The molecule has 1 unspecified atom stereocenters. The van der Waals surface area contributed by atoms with Gasteiger partial charge in [0, 0.05) is 31.8 Å². The van der Waals surface area contributed by atoms with Crippen LogP contribution in [-0.2, 0) is 17.8 Å². The van der Waals surface area contributed by atoms with E-state index in [-0.39, 0.29) is 0 Å². The maximum atomic E-state index is 5.68. The van der Waals surface area contributed by atoms with Crippen molar-refractivity contribution in [3.05, 3.63) is 23.7 Å². The fraction of sp³-hybridized carbons (Fsp3) is 0.750. The Bertz CT molecular complexity index is 388. The minimum absolute atomic E-state index is 0.505. The predicted octanol–water partition coefficient (Wildman–Crippen LogP) is 2.64. The molecule has 0 aliphatic carbocycles. The van der Waals surface area contributed by atoms with E-state index in [4.69, 9.17) is 9.15 Å². The van der Waals surface area contributed by atoms with Gasteiger partial charge in [-0.15, -0.1) is 0 Å². The van der Waals surface area contributed by atoms with Crippen LogP contribution >= 0.6 is 0 Å². The lowest BCUT2D eigenvalue weighted by atomic mass is 9.99. The van der Waals surface area contributed by atoms with E-state index in [2.05, 4.69) is 30.1 Å². The van der Waals surface area contributed by atoms with Gasteiger partial charge in [-0.05, 0) is 31.4 Å². The van der Waals surface area contributed by atoms with Crippen molar-refractivity contribution >= 4 is 0 Å². The number of methoxy groups -OCH3 is 1. The van der Waals surface area contributed by atoms with Gasteiger partial charge in [0.2, 0.25) is 0 Å². The van der Waals surface area contributed by atoms with Gasteiger partial charge in [0.25, 0.3) is 0 Å². The van der Waals surface area contributed by atoms with Crippen LogP contribution in [0.5, 0.6) is 0 Å². The lowest BCUT2D eigenvalue weighted by Gasteiger charge is -2.31. The number of likely N-dealkylation sites (tertiary alicyclic amines) is 1. The molecule has 114 valence electrons. The lowest BCUT2D eigenvalue weighted by molar-refractivity contribution is 0.0840. The van der Waals surface area contributed by atoms with Crippen molar-refractivity contribution in [3.8, 4) is 0 Å². The van der Waals surface area contributed by atoms with Crippen LogP contribution in [-0.4, -0.2) is 37.7 Å². The summed E-state index contributed by atoms with van der Waals surface area (Å²) in [7, 11) is 1.79. The summed E-state index contributed by atoms with van der Waals surface area (Å²) in [6.45, 7) is 9.28. The standard InChI is InChI=1S/C16H28N2O2/c1-13(2)17-8-15-7-16(20-12-15)10-18-6-4-5-14(9-18)11-19-3/h7,12-14,17H,4-6,8-11H2,1-3H3. The summed E-state index contributed by atoms with van der Waals surface area (Å²) < 4.78 is 11.0. The molecule has 1 aliphatic heterocycles.